The Bertz CT molecular complexity index is 1200. The van der Waals surface area contributed by atoms with Crippen molar-refractivity contribution in [1.82, 2.24) is 10.2 Å². The highest BCUT2D eigenvalue weighted by Gasteiger charge is 2.43. The summed E-state index contributed by atoms with van der Waals surface area (Å²) in [6.07, 6.45) is 0. The number of rotatable bonds is 7. The highest BCUT2D eigenvalue weighted by atomic mass is 32.2. The van der Waals surface area contributed by atoms with Crippen LogP contribution in [0.4, 0.5) is 10.5 Å². The van der Waals surface area contributed by atoms with Crippen LogP contribution in [0.1, 0.15) is 22.1 Å². The minimum Gasteiger partial charge on any atom is -0.497 e. The number of hydrogen-bond donors (Lipinski definition) is 2. The first kappa shape index (κ1) is 24.5. The number of thioether (sulfide) groups is 1. The van der Waals surface area contributed by atoms with Crippen molar-refractivity contribution in [3.63, 3.8) is 0 Å². The second-order valence-electron chi connectivity index (χ2n) is 8.17. The van der Waals surface area contributed by atoms with Crippen LogP contribution in [0.5, 0.6) is 11.5 Å². The Labute approximate surface area is 209 Å². The summed E-state index contributed by atoms with van der Waals surface area (Å²) in [6.45, 7) is 2.36. The van der Waals surface area contributed by atoms with Gasteiger partial charge in [-0.1, -0.05) is 48.5 Å². The molecular formula is C27H29N3O4S. The van der Waals surface area contributed by atoms with Crippen LogP contribution < -0.4 is 20.1 Å². The van der Waals surface area contributed by atoms with Gasteiger partial charge in [0.05, 0.1) is 19.9 Å². The topological polar surface area (TPSA) is 79.9 Å². The van der Waals surface area contributed by atoms with Gasteiger partial charge >= 0.3 is 6.03 Å². The quantitative estimate of drug-likeness (QED) is 0.488. The van der Waals surface area contributed by atoms with Crippen molar-refractivity contribution in [1.29, 1.82) is 0 Å². The van der Waals surface area contributed by atoms with Crippen LogP contribution in [0.3, 0.4) is 0 Å². The van der Waals surface area contributed by atoms with E-state index in [1.165, 1.54) is 0 Å². The zero-order valence-electron chi connectivity index (χ0n) is 20.0. The fraction of sp³-hybridized carbons (Fsp3) is 0.259. The molecule has 35 heavy (non-hydrogen) atoms. The van der Waals surface area contributed by atoms with Crippen molar-refractivity contribution in [2.24, 2.45) is 0 Å². The van der Waals surface area contributed by atoms with E-state index < -0.39 is 6.04 Å². The van der Waals surface area contributed by atoms with Crippen LogP contribution in [0.2, 0.25) is 0 Å². The maximum Gasteiger partial charge on any atom is 0.323 e. The summed E-state index contributed by atoms with van der Waals surface area (Å²) < 4.78 is 10.7. The number of amides is 3. The van der Waals surface area contributed by atoms with Gasteiger partial charge in [0.2, 0.25) is 5.91 Å². The Morgan fingerprint density at radius 2 is 1.77 bits per heavy atom. The van der Waals surface area contributed by atoms with Crippen molar-refractivity contribution < 1.29 is 19.1 Å². The monoisotopic (exact) mass is 491 g/mol. The van der Waals surface area contributed by atoms with Gasteiger partial charge in [0.1, 0.15) is 22.9 Å². The second-order valence-corrected chi connectivity index (χ2v) is 9.28. The maximum absolute atomic E-state index is 13.6. The molecule has 0 aliphatic carbocycles. The Morgan fingerprint density at radius 1 is 1.00 bits per heavy atom. The lowest BCUT2D eigenvalue weighted by Gasteiger charge is -2.30. The van der Waals surface area contributed by atoms with Gasteiger partial charge < -0.3 is 20.1 Å². The molecule has 1 saturated heterocycles. The molecule has 4 rings (SSSR count). The van der Waals surface area contributed by atoms with E-state index in [1.807, 2.05) is 67.6 Å². The third kappa shape index (κ3) is 5.54. The molecule has 182 valence electrons. The number of ether oxygens (including phenoxy) is 2. The first-order valence-corrected chi connectivity index (χ1v) is 12.4. The number of anilines is 1. The number of carbonyl (C=O) groups excluding carboxylic acids is 2. The molecule has 0 radical (unpaired) electrons. The lowest BCUT2D eigenvalue weighted by molar-refractivity contribution is -0.124. The number of urea groups is 1. The van der Waals surface area contributed by atoms with Crippen LogP contribution >= 0.6 is 11.8 Å². The van der Waals surface area contributed by atoms with Gasteiger partial charge in [-0.25, -0.2) is 4.79 Å². The number of benzene rings is 3. The van der Waals surface area contributed by atoms with E-state index in [0.29, 0.717) is 23.7 Å². The molecule has 0 unspecified atom stereocenters. The Morgan fingerprint density at radius 3 is 2.54 bits per heavy atom. The number of carbonyl (C=O) groups is 2. The zero-order chi connectivity index (χ0) is 24.8. The summed E-state index contributed by atoms with van der Waals surface area (Å²) in [5, 5.41) is 5.65. The first-order valence-electron chi connectivity index (χ1n) is 11.3. The lowest BCUT2D eigenvalue weighted by Crippen LogP contribution is -2.49. The normalized spacial score (nSPS) is 17.1. The van der Waals surface area contributed by atoms with Gasteiger partial charge in [0.15, 0.2) is 0 Å². The molecule has 3 aromatic carbocycles. The lowest BCUT2D eigenvalue weighted by atomic mass is 10.1. The summed E-state index contributed by atoms with van der Waals surface area (Å²) in [7, 11) is 3.17. The summed E-state index contributed by atoms with van der Waals surface area (Å²) in [4.78, 5) is 28.6. The standard InChI is InChI=1S/C27H29N3O4S/c1-18-9-4-5-12-21(18)26-30(27(32)29-22-13-6-7-14-24(22)34-3)23(17-35-26)25(31)28-16-19-10-8-11-20(15-19)33-2/h4-15,23,26H,16-17H2,1-3H3,(H,28,31)(H,29,32)/t23-,26-/m0/s1. The number of para-hydroxylation sites is 2. The predicted molar refractivity (Wildman–Crippen MR) is 139 cm³/mol. The van der Waals surface area contributed by atoms with Crippen LogP contribution in [-0.4, -0.2) is 42.9 Å². The van der Waals surface area contributed by atoms with Crippen LogP contribution in [-0.2, 0) is 11.3 Å². The molecule has 3 aromatic rings. The number of nitrogens with zero attached hydrogens (tertiary/aromatic N) is 1. The van der Waals surface area contributed by atoms with Crippen molar-refractivity contribution in [3.8, 4) is 11.5 Å². The largest absolute Gasteiger partial charge is 0.497 e. The zero-order valence-corrected chi connectivity index (χ0v) is 20.8. The minimum absolute atomic E-state index is 0.202. The third-order valence-electron chi connectivity index (χ3n) is 5.94. The molecule has 0 aromatic heterocycles. The Hall–Kier alpha value is -3.65. The minimum atomic E-state index is -0.634. The molecular weight excluding hydrogens is 462 g/mol. The van der Waals surface area contributed by atoms with Gasteiger partial charge in [0, 0.05) is 12.3 Å². The van der Waals surface area contributed by atoms with Gasteiger partial charge in [-0.2, -0.15) is 0 Å². The summed E-state index contributed by atoms with van der Waals surface area (Å²) >= 11 is 1.58. The van der Waals surface area contributed by atoms with E-state index in [4.69, 9.17) is 9.47 Å². The summed E-state index contributed by atoms with van der Waals surface area (Å²) in [6, 6.07) is 21.7. The Kier molecular flexibility index (Phi) is 7.82. The molecule has 8 heteroatoms. The SMILES string of the molecule is COc1cccc(CNC(=O)[C@@H]2CS[C@@H](c3ccccc3C)N2C(=O)Nc2ccccc2OC)c1. The number of nitrogens with one attached hydrogen (secondary N) is 2. The third-order valence-corrected chi connectivity index (χ3v) is 7.25. The van der Waals surface area contributed by atoms with Crippen molar-refractivity contribution in [2.75, 3.05) is 25.3 Å². The summed E-state index contributed by atoms with van der Waals surface area (Å²) in [5.74, 6) is 1.57. The van der Waals surface area contributed by atoms with E-state index in [9.17, 15) is 9.59 Å². The molecule has 3 amide bonds. The fourth-order valence-corrected chi connectivity index (χ4v) is 5.60. The molecule has 1 aliphatic heterocycles. The summed E-state index contributed by atoms with van der Waals surface area (Å²) in [5.41, 5.74) is 3.55. The van der Waals surface area contributed by atoms with Gasteiger partial charge in [-0.15, -0.1) is 11.8 Å². The van der Waals surface area contributed by atoms with Crippen molar-refractivity contribution >= 4 is 29.4 Å². The highest BCUT2D eigenvalue weighted by molar-refractivity contribution is 7.99. The molecule has 0 spiro atoms. The predicted octanol–water partition coefficient (Wildman–Crippen LogP) is 4.98. The maximum atomic E-state index is 13.6. The van der Waals surface area contributed by atoms with Gasteiger partial charge in [0.25, 0.3) is 0 Å². The average molecular weight is 492 g/mol. The van der Waals surface area contributed by atoms with Crippen LogP contribution in [0, 0.1) is 6.92 Å². The average Bonchev–Trinajstić information content (AvgIpc) is 3.33. The Balaban J connectivity index is 1.58. The molecule has 0 saturated carbocycles. The number of methoxy groups -OCH3 is 2. The second kappa shape index (κ2) is 11.2. The number of aryl methyl sites for hydroxylation is 1. The smallest absolute Gasteiger partial charge is 0.323 e. The highest BCUT2D eigenvalue weighted by Crippen LogP contribution is 2.43. The molecule has 1 heterocycles. The number of hydrogen-bond acceptors (Lipinski definition) is 5. The van der Waals surface area contributed by atoms with Gasteiger partial charge in [-0.3, -0.25) is 9.69 Å². The van der Waals surface area contributed by atoms with Crippen molar-refractivity contribution in [3.05, 3.63) is 89.5 Å². The van der Waals surface area contributed by atoms with E-state index >= 15 is 0 Å². The molecule has 2 N–H and O–H groups in total. The van der Waals surface area contributed by atoms with E-state index in [0.717, 1.165) is 22.4 Å². The first-order chi connectivity index (χ1) is 17.0. The van der Waals surface area contributed by atoms with Crippen LogP contribution in [0.25, 0.3) is 0 Å². The van der Waals surface area contributed by atoms with Crippen molar-refractivity contribution in [2.45, 2.75) is 24.9 Å². The van der Waals surface area contributed by atoms with Crippen LogP contribution in [0.15, 0.2) is 72.8 Å². The molecule has 0 bridgehead atoms. The van der Waals surface area contributed by atoms with E-state index in [2.05, 4.69) is 10.6 Å². The fourth-order valence-electron chi connectivity index (χ4n) is 4.08. The van der Waals surface area contributed by atoms with Gasteiger partial charge in [-0.05, 0) is 47.9 Å². The molecule has 7 nitrogen and oxygen atoms in total. The molecule has 1 aliphatic rings. The molecule has 1 fully saturated rings. The molecule has 2 atom stereocenters. The van der Waals surface area contributed by atoms with E-state index in [1.54, 1.807) is 43.0 Å². The van der Waals surface area contributed by atoms with E-state index in [-0.39, 0.29) is 17.3 Å².